The first-order valence-corrected chi connectivity index (χ1v) is 7.57. The molecule has 1 fully saturated rings. The van der Waals surface area contributed by atoms with Crippen molar-refractivity contribution in [2.75, 3.05) is 46.0 Å². The summed E-state index contributed by atoms with van der Waals surface area (Å²) in [4.78, 5) is 2.53. The topological polar surface area (TPSA) is 44.7 Å². The van der Waals surface area contributed by atoms with E-state index in [9.17, 15) is 0 Å². The van der Waals surface area contributed by atoms with E-state index in [-0.39, 0.29) is 6.61 Å². The van der Waals surface area contributed by atoms with Gasteiger partial charge in [0.05, 0.1) is 19.8 Å². The second kappa shape index (κ2) is 9.08. The number of hydrogen-bond acceptors (Lipinski definition) is 4. The first-order chi connectivity index (χ1) is 9.88. The fourth-order valence-electron chi connectivity index (χ4n) is 2.64. The molecule has 4 heteroatoms. The molecule has 1 unspecified atom stereocenters. The molecule has 1 heterocycles. The van der Waals surface area contributed by atoms with Gasteiger partial charge in [-0.3, -0.25) is 0 Å². The summed E-state index contributed by atoms with van der Waals surface area (Å²) in [5, 5.41) is 12.1. The Balaban J connectivity index is 1.56. The molecule has 1 saturated heterocycles. The van der Waals surface area contributed by atoms with Crippen molar-refractivity contribution in [1.29, 1.82) is 0 Å². The lowest BCUT2D eigenvalue weighted by Gasteiger charge is -2.16. The van der Waals surface area contributed by atoms with E-state index < -0.39 is 0 Å². The van der Waals surface area contributed by atoms with Gasteiger partial charge in [-0.25, -0.2) is 0 Å². The molecule has 1 aliphatic heterocycles. The molecule has 4 nitrogen and oxygen atoms in total. The molecule has 0 aromatic heterocycles. The Morgan fingerprint density at radius 2 is 2.10 bits per heavy atom. The molecule has 0 aliphatic carbocycles. The zero-order chi connectivity index (χ0) is 14.0. The summed E-state index contributed by atoms with van der Waals surface area (Å²) >= 11 is 0. The quantitative estimate of drug-likeness (QED) is 0.659. The lowest BCUT2D eigenvalue weighted by atomic mass is 10.1. The molecule has 2 N–H and O–H groups in total. The molecule has 2 rings (SSSR count). The summed E-state index contributed by atoms with van der Waals surface area (Å²) in [6.07, 6.45) is 2.35. The van der Waals surface area contributed by atoms with Crippen molar-refractivity contribution < 1.29 is 9.84 Å². The van der Waals surface area contributed by atoms with E-state index in [1.165, 1.54) is 18.5 Å². The lowest BCUT2D eigenvalue weighted by Crippen LogP contribution is -2.35. The molecular weight excluding hydrogens is 252 g/mol. The molecule has 112 valence electrons. The van der Waals surface area contributed by atoms with Crippen LogP contribution in [0.1, 0.15) is 12.0 Å². The average molecular weight is 278 g/mol. The number of hydrogen-bond donors (Lipinski definition) is 2. The van der Waals surface area contributed by atoms with Crippen molar-refractivity contribution in [3.05, 3.63) is 35.9 Å². The molecule has 0 bridgehead atoms. The molecule has 0 amide bonds. The number of likely N-dealkylation sites (tertiary alicyclic amines) is 1. The number of aliphatic hydroxyl groups excluding tert-OH is 1. The lowest BCUT2D eigenvalue weighted by molar-refractivity contribution is 0.0927. The monoisotopic (exact) mass is 278 g/mol. The van der Waals surface area contributed by atoms with Gasteiger partial charge in [-0.05, 0) is 24.9 Å². The molecule has 1 aliphatic rings. The van der Waals surface area contributed by atoms with Crippen molar-refractivity contribution in [2.45, 2.75) is 18.9 Å². The van der Waals surface area contributed by atoms with Gasteiger partial charge in [0, 0.05) is 25.7 Å². The van der Waals surface area contributed by atoms with Gasteiger partial charge in [-0.1, -0.05) is 30.3 Å². The molecule has 0 spiro atoms. The fourth-order valence-corrected chi connectivity index (χ4v) is 2.64. The first kappa shape index (κ1) is 15.4. The second-order valence-electron chi connectivity index (χ2n) is 5.31. The molecule has 0 saturated carbocycles. The second-order valence-corrected chi connectivity index (χ2v) is 5.31. The summed E-state index contributed by atoms with van der Waals surface area (Å²) in [5.74, 6) is 0. The first-order valence-electron chi connectivity index (χ1n) is 7.57. The van der Waals surface area contributed by atoms with Gasteiger partial charge in [-0.15, -0.1) is 0 Å². The van der Waals surface area contributed by atoms with E-state index in [2.05, 4.69) is 40.5 Å². The molecule has 1 aromatic carbocycles. The van der Waals surface area contributed by atoms with Crippen LogP contribution >= 0.6 is 0 Å². The summed E-state index contributed by atoms with van der Waals surface area (Å²) in [6.45, 7) is 5.56. The van der Waals surface area contributed by atoms with Crippen LogP contribution in [0, 0.1) is 0 Å². The van der Waals surface area contributed by atoms with Gasteiger partial charge >= 0.3 is 0 Å². The number of nitrogens with one attached hydrogen (secondary N) is 1. The van der Waals surface area contributed by atoms with E-state index in [1.807, 2.05) is 0 Å². The maximum absolute atomic E-state index is 8.61. The van der Waals surface area contributed by atoms with Crippen molar-refractivity contribution in [1.82, 2.24) is 10.2 Å². The minimum absolute atomic E-state index is 0.108. The van der Waals surface area contributed by atoms with Crippen LogP contribution in [0.15, 0.2) is 30.3 Å². The van der Waals surface area contributed by atoms with Gasteiger partial charge in [0.15, 0.2) is 0 Å². The molecule has 1 aromatic rings. The minimum Gasteiger partial charge on any atom is -0.394 e. The van der Waals surface area contributed by atoms with Crippen LogP contribution in [0.25, 0.3) is 0 Å². The van der Waals surface area contributed by atoms with Gasteiger partial charge in [0.2, 0.25) is 0 Å². The minimum atomic E-state index is 0.108. The van der Waals surface area contributed by atoms with Crippen LogP contribution in [0.4, 0.5) is 0 Å². The number of nitrogens with zero attached hydrogens (tertiary/aromatic N) is 1. The van der Waals surface area contributed by atoms with Gasteiger partial charge in [0.25, 0.3) is 0 Å². The van der Waals surface area contributed by atoms with Crippen molar-refractivity contribution in [2.24, 2.45) is 0 Å². The van der Waals surface area contributed by atoms with Crippen molar-refractivity contribution in [3.8, 4) is 0 Å². The third-order valence-electron chi connectivity index (χ3n) is 3.75. The predicted octanol–water partition coefficient (Wildman–Crippen LogP) is 0.902. The number of aliphatic hydroxyl groups is 1. The molecule has 1 atom stereocenters. The van der Waals surface area contributed by atoms with Crippen LogP contribution in [-0.4, -0.2) is 62.0 Å². The fraction of sp³-hybridized carbons (Fsp3) is 0.625. The van der Waals surface area contributed by atoms with E-state index >= 15 is 0 Å². The molecular formula is C16H26N2O2. The van der Waals surface area contributed by atoms with Crippen LogP contribution in [0.5, 0.6) is 0 Å². The number of rotatable bonds is 9. The Labute approximate surface area is 121 Å². The largest absolute Gasteiger partial charge is 0.394 e. The Hall–Kier alpha value is -0.940. The normalized spacial score (nSPS) is 19.6. The Kier molecular flexibility index (Phi) is 7.01. The Morgan fingerprint density at radius 1 is 1.25 bits per heavy atom. The van der Waals surface area contributed by atoms with Crippen LogP contribution in [-0.2, 0) is 11.2 Å². The zero-order valence-corrected chi connectivity index (χ0v) is 12.1. The highest BCUT2D eigenvalue weighted by atomic mass is 16.5. The maximum atomic E-state index is 8.61. The van der Waals surface area contributed by atoms with Crippen molar-refractivity contribution >= 4 is 0 Å². The van der Waals surface area contributed by atoms with Crippen LogP contribution in [0.2, 0.25) is 0 Å². The van der Waals surface area contributed by atoms with Gasteiger partial charge in [0.1, 0.15) is 0 Å². The average Bonchev–Trinajstić information content (AvgIpc) is 2.94. The highest BCUT2D eigenvalue weighted by molar-refractivity contribution is 5.14. The standard InChI is InChI=1S/C16H26N2O2/c19-11-13-20-12-8-17-16-7-10-18(14-16)9-6-15-4-2-1-3-5-15/h1-5,16-17,19H,6-14H2. The summed E-state index contributed by atoms with van der Waals surface area (Å²) in [6, 6.07) is 11.3. The number of benzene rings is 1. The van der Waals surface area contributed by atoms with E-state index in [1.54, 1.807) is 0 Å². The van der Waals surface area contributed by atoms with E-state index in [0.29, 0.717) is 19.3 Å². The SMILES string of the molecule is OCCOCCNC1CCN(CCc2ccccc2)C1. The highest BCUT2D eigenvalue weighted by Crippen LogP contribution is 2.10. The van der Waals surface area contributed by atoms with E-state index in [4.69, 9.17) is 9.84 Å². The predicted molar refractivity (Wildman–Crippen MR) is 80.9 cm³/mol. The van der Waals surface area contributed by atoms with Gasteiger partial charge in [-0.2, -0.15) is 0 Å². The number of ether oxygens (including phenoxy) is 1. The summed E-state index contributed by atoms with van der Waals surface area (Å²) in [7, 11) is 0. The zero-order valence-electron chi connectivity index (χ0n) is 12.1. The maximum Gasteiger partial charge on any atom is 0.0698 e. The Bertz CT molecular complexity index is 359. The van der Waals surface area contributed by atoms with E-state index in [0.717, 1.165) is 26.1 Å². The van der Waals surface area contributed by atoms with Gasteiger partial charge < -0.3 is 20.1 Å². The van der Waals surface area contributed by atoms with Crippen LogP contribution in [0.3, 0.4) is 0 Å². The van der Waals surface area contributed by atoms with Crippen molar-refractivity contribution in [3.63, 3.8) is 0 Å². The summed E-state index contributed by atoms with van der Waals surface area (Å²) < 4.78 is 5.25. The smallest absolute Gasteiger partial charge is 0.0698 e. The Morgan fingerprint density at radius 3 is 2.90 bits per heavy atom. The molecule has 20 heavy (non-hydrogen) atoms. The summed E-state index contributed by atoms with van der Waals surface area (Å²) in [5.41, 5.74) is 1.42. The third-order valence-corrected chi connectivity index (χ3v) is 3.75. The van der Waals surface area contributed by atoms with Crippen LogP contribution < -0.4 is 5.32 Å². The highest BCUT2D eigenvalue weighted by Gasteiger charge is 2.21. The third kappa shape index (κ3) is 5.59. The molecule has 0 radical (unpaired) electrons.